The number of aliphatic hydroxyl groups is 1. The van der Waals surface area contributed by atoms with Crippen LogP contribution in [-0.4, -0.2) is 22.8 Å². The maximum atomic E-state index is 10.3. The second kappa shape index (κ2) is 5.77. The summed E-state index contributed by atoms with van der Waals surface area (Å²) in [6, 6.07) is 0. The zero-order valence-electron chi connectivity index (χ0n) is 5.65. The third-order valence-corrected chi connectivity index (χ3v) is 1.42. The molecule has 0 bridgehead atoms. The molecule has 0 heterocycles. The summed E-state index contributed by atoms with van der Waals surface area (Å²) in [5, 5.41) is 27.8. The predicted molar refractivity (Wildman–Crippen MR) is 40.6 cm³/mol. The van der Waals surface area contributed by atoms with Gasteiger partial charge in [-0.25, -0.2) is 4.79 Å². The van der Waals surface area contributed by atoms with Crippen LogP contribution in [0.3, 0.4) is 0 Å². The van der Waals surface area contributed by atoms with E-state index in [1.165, 1.54) is 5.41 Å². The van der Waals surface area contributed by atoms with Crippen molar-refractivity contribution in [2.24, 2.45) is 0 Å². The van der Waals surface area contributed by atoms with E-state index in [9.17, 15) is 4.79 Å². The minimum Gasteiger partial charge on any atom is -0.478 e. The molecule has 60 valence electrons. The van der Waals surface area contributed by atoms with E-state index in [2.05, 4.69) is 0 Å². The standard InChI is InChI=1S/C6H7NO3S/c7-4-11-3-5(1-2-8)6(9)10/h3,8H,1-2H2,(H,9,10)/b5-3-. The largest absolute Gasteiger partial charge is 0.478 e. The molecule has 0 aromatic heterocycles. The highest BCUT2D eigenvalue weighted by Gasteiger charge is 2.04. The summed E-state index contributed by atoms with van der Waals surface area (Å²) in [6.07, 6.45) is 0.0734. The molecule has 0 unspecified atom stereocenters. The maximum Gasteiger partial charge on any atom is 0.332 e. The quantitative estimate of drug-likeness (QED) is 0.479. The van der Waals surface area contributed by atoms with Crippen molar-refractivity contribution in [3.8, 4) is 5.40 Å². The third kappa shape index (κ3) is 4.42. The van der Waals surface area contributed by atoms with Gasteiger partial charge in [0.2, 0.25) is 0 Å². The molecule has 0 rings (SSSR count). The van der Waals surface area contributed by atoms with Crippen LogP contribution >= 0.6 is 11.8 Å². The Morgan fingerprint density at radius 1 is 1.73 bits per heavy atom. The van der Waals surface area contributed by atoms with Crippen LogP contribution in [0.4, 0.5) is 0 Å². The van der Waals surface area contributed by atoms with E-state index >= 15 is 0 Å². The predicted octanol–water partition coefficient (Wildman–Crippen LogP) is 0.552. The number of nitriles is 1. The number of carboxylic acids is 1. The van der Waals surface area contributed by atoms with Gasteiger partial charge in [0.1, 0.15) is 5.40 Å². The molecule has 0 aromatic rings. The first-order valence-electron chi connectivity index (χ1n) is 2.80. The van der Waals surface area contributed by atoms with Crippen molar-refractivity contribution in [2.75, 3.05) is 6.61 Å². The molecule has 0 radical (unpaired) electrons. The summed E-state index contributed by atoms with van der Waals surface area (Å²) in [7, 11) is 0. The van der Waals surface area contributed by atoms with Gasteiger partial charge in [-0.15, -0.1) is 0 Å². The highest BCUT2D eigenvalue weighted by atomic mass is 32.2. The van der Waals surface area contributed by atoms with Gasteiger partial charge >= 0.3 is 5.97 Å². The monoisotopic (exact) mass is 173 g/mol. The van der Waals surface area contributed by atoms with Crippen molar-refractivity contribution in [1.29, 1.82) is 5.26 Å². The first kappa shape index (κ1) is 10.0. The Hall–Kier alpha value is -0.990. The molecule has 0 amide bonds. The molecule has 0 aliphatic heterocycles. The zero-order chi connectivity index (χ0) is 8.69. The Kier molecular flexibility index (Phi) is 5.25. The fourth-order valence-electron chi connectivity index (χ4n) is 0.434. The van der Waals surface area contributed by atoms with Crippen molar-refractivity contribution in [3.05, 3.63) is 11.0 Å². The molecule has 0 aliphatic rings. The number of carbonyl (C=O) groups is 1. The summed E-state index contributed by atoms with van der Waals surface area (Å²) in [6.45, 7) is -0.218. The molecule has 0 saturated heterocycles. The number of thiocyanates is 1. The molecular formula is C6H7NO3S. The van der Waals surface area contributed by atoms with Crippen LogP contribution < -0.4 is 0 Å². The number of hydrogen-bond acceptors (Lipinski definition) is 4. The molecule has 0 atom stereocenters. The lowest BCUT2D eigenvalue weighted by Gasteiger charge is -1.95. The summed E-state index contributed by atoms with van der Waals surface area (Å²) in [4.78, 5) is 10.3. The lowest BCUT2D eigenvalue weighted by atomic mass is 10.2. The number of hydrogen-bond donors (Lipinski definition) is 2. The number of carboxylic acid groups (broad SMARTS) is 1. The van der Waals surface area contributed by atoms with Gasteiger partial charge in [-0.1, -0.05) is 0 Å². The molecule has 0 fully saturated rings. The Morgan fingerprint density at radius 2 is 2.36 bits per heavy atom. The lowest BCUT2D eigenvalue weighted by molar-refractivity contribution is -0.132. The second-order valence-electron chi connectivity index (χ2n) is 1.63. The molecule has 0 aromatic carbocycles. The lowest BCUT2D eigenvalue weighted by Crippen LogP contribution is -2.01. The summed E-state index contributed by atoms with van der Waals surface area (Å²) < 4.78 is 0. The normalized spacial score (nSPS) is 10.7. The minimum atomic E-state index is -1.10. The molecule has 4 nitrogen and oxygen atoms in total. The fraction of sp³-hybridized carbons (Fsp3) is 0.333. The highest BCUT2D eigenvalue weighted by Crippen LogP contribution is 2.08. The minimum absolute atomic E-state index is 0.0547. The van der Waals surface area contributed by atoms with Gasteiger partial charge < -0.3 is 10.2 Å². The van der Waals surface area contributed by atoms with Crippen LogP contribution in [-0.2, 0) is 4.79 Å². The number of rotatable bonds is 4. The van der Waals surface area contributed by atoms with Crippen molar-refractivity contribution in [2.45, 2.75) is 6.42 Å². The Balaban J connectivity index is 4.11. The van der Waals surface area contributed by atoms with Gasteiger partial charge in [0, 0.05) is 18.6 Å². The van der Waals surface area contributed by atoms with Gasteiger partial charge in [-0.3, -0.25) is 0 Å². The van der Waals surface area contributed by atoms with Crippen LogP contribution in [0.1, 0.15) is 6.42 Å². The summed E-state index contributed by atoms with van der Waals surface area (Å²) >= 11 is 0.736. The van der Waals surface area contributed by atoms with E-state index in [0.29, 0.717) is 0 Å². The van der Waals surface area contributed by atoms with Crippen LogP contribution in [0.15, 0.2) is 11.0 Å². The second-order valence-corrected chi connectivity index (χ2v) is 2.28. The van der Waals surface area contributed by atoms with E-state index in [-0.39, 0.29) is 18.6 Å². The van der Waals surface area contributed by atoms with E-state index in [1.807, 2.05) is 0 Å². The third-order valence-electron chi connectivity index (χ3n) is 0.910. The van der Waals surface area contributed by atoms with Gasteiger partial charge in [-0.05, 0) is 17.2 Å². The number of aliphatic carboxylic acids is 1. The first-order valence-corrected chi connectivity index (χ1v) is 3.68. The van der Waals surface area contributed by atoms with Crippen molar-refractivity contribution < 1.29 is 15.0 Å². The average Bonchev–Trinajstić information content (AvgIpc) is 1.97. The maximum absolute atomic E-state index is 10.3. The fourth-order valence-corrected chi connectivity index (χ4v) is 0.848. The Labute approximate surface area is 68.1 Å². The molecule has 5 heteroatoms. The molecule has 0 saturated carbocycles. The van der Waals surface area contributed by atoms with Crippen LogP contribution in [0.25, 0.3) is 0 Å². The number of aliphatic hydroxyl groups excluding tert-OH is 1. The molecular weight excluding hydrogens is 166 g/mol. The number of nitrogens with zero attached hydrogens (tertiary/aromatic N) is 1. The smallest absolute Gasteiger partial charge is 0.332 e. The number of thioether (sulfide) groups is 1. The molecule has 0 aliphatic carbocycles. The van der Waals surface area contributed by atoms with Gasteiger partial charge in [0.05, 0.1) is 0 Å². The zero-order valence-corrected chi connectivity index (χ0v) is 6.47. The topological polar surface area (TPSA) is 81.3 Å². The Bertz CT molecular complexity index is 206. The van der Waals surface area contributed by atoms with Crippen molar-refractivity contribution in [3.63, 3.8) is 0 Å². The summed E-state index contributed by atoms with van der Waals surface area (Å²) in [5.74, 6) is -1.10. The molecule has 11 heavy (non-hydrogen) atoms. The average molecular weight is 173 g/mol. The van der Waals surface area contributed by atoms with E-state index in [4.69, 9.17) is 15.5 Å². The van der Waals surface area contributed by atoms with Crippen molar-refractivity contribution in [1.82, 2.24) is 0 Å². The van der Waals surface area contributed by atoms with E-state index in [0.717, 1.165) is 11.8 Å². The molecule has 2 N–H and O–H groups in total. The van der Waals surface area contributed by atoms with E-state index in [1.54, 1.807) is 5.40 Å². The first-order chi connectivity index (χ1) is 5.22. The molecule has 0 spiro atoms. The van der Waals surface area contributed by atoms with E-state index < -0.39 is 5.97 Å². The van der Waals surface area contributed by atoms with Gasteiger partial charge in [0.25, 0.3) is 0 Å². The van der Waals surface area contributed by atoms with Crippen LogP contribution in [0.2, 0.25) is 0 Å². The SMILES string of the molecule is N#CS/C=C(/CCO)C(=O)O. The van der Waals surface area contributed by atoms with Crippen molar-refractivity contribution >= 4 is 17.7 Å². The Morgan fingerprint density at radius 3 is 2.73 bits per heavy atom. The summed E-state index contributed by atoms with van der Waals surface area (Å²) in [5.41, 5.74) is 0.0547. The van der Waals surface area contributed by atoms with Crippen LogP contribution in [0.5, 0.6) is 0 Å². The highest BCUT2D eigenvalue weighted by molar-refractivity contribution is 8.06. The van der Waals surface area contributed by atoms with Gasteiger partial charge in [-0.2, -0.15) is 5.26 Å². The van der Waals surface area contributed by atoms with Gasteiger partial charge in [0.15, 0.2) is 0 Å². The van der Waals surface area contributed by atoms with Crippen LogP contribution in [0, 0.1) is 10.7 Å².